The molecule has 3 heterocycles. The summed E-state index contributed by atoms with van der Waals surface area (Å²) in [5.74, 6) is -2.75. The maximum absolute atomic E-state index is 13.4. The summed E-state index contributed by atoms with van der Waals surface area (Å²) in [6.07, 6.45) is 1.83. The van der Waals surface area contributed by atoms with E-state index in [-0.39, 0.29) is 41.6 Å². The number of nitrogens with one attached hydrogen (secondary N) is 1. The fourth-order valence-electron chi connectivity index (χ4n) is 5.22. The Morgan fingerprint density at radius 1 is 1.19 bits per heavy atom. The number of esters is 1. The smallest absolute Gasteiger partial charge is 0.335 e. The van der Waals surface area contributed by atoms with Crippen molar-refractivity contribution in [2.45, 2.75) is 44.4 Å². The van der Waals surface area contributed by atoms with Gasteiger partial charge in [0.1, 0.15) is 17.4 Å². The molecule has 12 heteroatoms. The Kier molecular flexibility index (Phi) is 6.12. The number of hydrogen-bond acceptors (Lipinski definition) is 8. The molecular formula is C25H25N5O7. The fourth-order valence-corrected chi connectivity index (χ4v) is 5.22. The van der Waals surface area contributed by atoms with E-state index in [1.807, 2.05) is 0 Å². The molecule has 192 valence electrons. The lowest BCUT2D eigenvalue weighted by Gasteiger charge is -2.22. The third kappa shape index (κ3) is 4.18. The summed E-state index contributed by atoms with van der Waals surface area (Å²) in [4.78, 5) is 55.9. The Hall–Kier alpha value is -4.32. The minimum Gasteiger partial charge on any atom is -0.478 e. The molecule has 0 radical (unpaired) electrons. The predicted octanol–water partition coefficient (Wildman–Crippen LogP) is 0.902. The molecule has 37 heavy (non-hydrogen) atoms. The van der Waals surface area contributed by atoms with Crippen molar-refractivity contribution in [3.05, 3.63) is 64.1 Å². The number of aliphatic hydroxyl groups excluding tert-OH is 1. The van der Waals surface area contributed by atoms with E-state index in [0.29, 0.717) is 18.4 Å². The zero-order valence-electron chi connectivity index (χ0n) is 20.2. The van der Waals surface area contributed by atoms with E-state index in [1.165, 1.54) is 34.9 Å². The maximum Gasteiger partial charge on any atom is 0.335 e. The second-order valence-corrected chi connectivity index (χ2v) is 9.19. The molecule has 2 aromatic heterocycles. The first-order chi connectivity index (χ1) is 17.7. The number of aliphatic hydroxyl groups is 1. The molecule has 3 aromatic rings. The highest BCUT2D eigenvalue weighted by Gasteiger charge is 2.41. The van der Waals surface area contributed by atoms with E-state index in [9.17, 15) is 29.4 Å². The number of aromatic nitrogens is 3. The van der Waals surface area contributed by atoms with Gasteiger partial charge in [-0.05, 0) is 42.5 Å². The van der Waals surface area contributed by atoms with Crippen molar-refractivity contribution < 1.29 is 34.1 Å². The normalized spacial score (nSPS) is 20.6. The van der Waals surface area contributed by atoms with Gasteiger partial charge < -0.3 is 25.2 Å². The Labute approximate surface area is 210 Å². The average Bonchev–Trinajstić information content (AvgIpc) is 3.61. The number of hydrogen-bond donors (Lipinski definition) is 3. The van der Waals surface area contributed by atoms with Gasteiger partial charge in [-0.3, -0.25) is 9.59 Å². The summed E-state index contributed by atoms with van der Waals surface area (Å²) in [5, 5.41) is 26.6. The lowest BCUT2D eigenvalue weighted by Crippen LogP contribution is -2.41. The third-order valence-corrected chi connectivity index (χ3v) is 7.05. The van der Waals surface area contributed by atoms with Crippen LogP contribution >= 0.6 is 0 Å². The first kappa shape index (κ1) is 24.4. The number of benzene rings is 1. The van der Waals surface area contributed by atoms with Crippen molar-refractivity contribution in [3.63, 3.8) is 0 Å². The molecule has 1 saturated heterocycles. The van der Waals surface area contributed by atoms with Crippen molar-refractivity contribution in [1.29, 1.82) is 0 Å². The number of aromatic carboxylic acids is 1. The zero-order chi connectivity index (χ0) is 26.4. The van der Waals surface area contributed by atoms with Gasteiger partial charge in [-0.25, -0.2) is 19.1 Å². The van der Waals surface area contributed by atoms with Crippen LogP contribution in [0.4, 0.5) is 0 Å². The molecule has 0 spiro atoms. The van der Waals surface area contributed by atoms with Crippen molar-refractivity contribution in [2.24, 2.45) is 0 Å². The van der Waals surface area contributed by atoms with E-state index in [0.717, 1.165) is 11.1 Å². The summed E-state index contributed by atoms with van der Waals surface area (Å²) in [6, 6.07) is 4.82. The van der Waals surface area contributed by atoms with Crippen molar-refractivity contribution >= 4 is 29.4 Å². The Balaban J connectivity index is 1.45. The first-order valence-corrected chi connectivity index (χ1v) is 11.8. The van der Waals surface area contributed by atoms with Gasteiger partial charge in [0.05, 0.1) is 31.0 Å². The standard InChI is InChI=1S/C25H25N5O7/c1-12-14-5-6-17(16(14)4-3-15(12)24(34)35)28-22(32)19-10-18(27-21-7-8-26-30(19)21)23(33)29-11-13(31)9-20(29)25(36)37-2/h3-4,7-8,10,13,17,20,31H,5-6,9,11H2,1-2H3,(H,28,32)(H,34,35)/t13-,17+,20+/m1/s1. The summed E-state index contributed by atoms with van der Waals surface area (Å²) in [7, 11) is 1.21. The topological polar surface area (TPSA) is 163 Å². The highest BCUT2D eigenvalue weighted by atomic mass is 16.5. The molecule has 2 amide bonds. The fraction of sp³-hybridized carbons (Fsp3) is 0.360. The Morgan fingerprint density at radius 2 is 1.97 bits per heavy atom. The summed E-state index contributed by atoms with van der Waals surface area (Å²) in [6.45, 7) is 1.69. The third-order valence-electron chi connectivity index (χ3n) is 7.05. The van der Waals surface area contributed by atoms with E-state index < -0.39 is 35.9 Å². The molecule has 0 saturated carbocycles. The largest absolute Gasteiger partial charge is 0.478 e. The van der Waals surface area contributed by atoms with Crippen LogP contribution in [0, 0.1) is 6.92 Å². The molecule has 12 nitrogen and oxygen atoms in total. The highest BCUT2D eigenvalue weighted by Crippen LogP contribution is 2.35. The number of carboxylic acids is 1. The van der Waals surface area contributed by atoms with Gasteiger partial charge in [0.25, 0.3) is 11.8 Å². The van der Waals surface area contributed by atoms with Gasteiger partial charge in [-0.2, -0.15) is 5.10 Å². The van der Waals surface area contributed by atoms with Crippen LogP contribution in [0.15, 0.2) is 30.5 Å². The molecule has 3 N–H and O–H groups in total. The second-order valence-electron chi connectivity index (χ2n) is 9.19. The van der Waals surface area contributed by atoms with Crippen LogP contribution < -0.4 is 5.32 Å². The molecule has 2 aliphatic rings. The van der Waals surface area contributed by atoms with Crippen LogP contribution in [0.5, 0.6) is 0 Å². The number of methoxy groups -OCH3 is 1. The number of ether oxygens (including phenoxy) is 1. The minimum absolute atomic E-state index is 0.0464. The molecule has 5 rings (SSSR count). The summed E-state index contributed by atoms with van der Waals surface area (Å²) in [5.41, 5.74) is 2.93. The van der Waals surface area contributed by atoms with E-state index in [1.54, 1.807) is 19.1 Å². The zero-order valence-corrected chi connectivity index (χ0v) is 20.2. The Bertz CT molecular complexity index is 1450. The van der Waals surface area contributed by atoms with Crippen molar-refractivity contribution in [1.82, 2.24) is 24.8 Å². The van der Waals surface area contributed by atoms with Crippen LogP contribution in [0.25, 0.3) is 5.65 Å². The second kappa shape index (κ2) is 9.28. The molecule has 0 bridgehead atoms. The first-order valence-electron chi connectivity index (χ1n) is 11.8. The number of nitrogens with zero attached hydrogens (tertiary/aromatic N) is 4. The van der Waals surface area contributed by atoms with Gasteiger partial charge >= 0.3 is 11.9 Å². The van der Waals surface area contributed by atoms with Crippen LogP contribution in [-0.2, 0) is 16.0 Å². The molecule has 0 unspecified atom stereocenters. The van der Waals surface area contributed by atoms with Gasteiger partial charge in [0.2, 0.25) is 0 Å². The number of amides is 2. The van der Waals surface area contributed by atoms with E-state index in [4.69, 9.17) is 4.74 Å². The van der Waals surface area contributed by atoms with Gasteiger partial charge in [-0.15, -0.1) is 0 Å². The molecule has 1 aliphatic carbocycles. The quantitative estimate of drug-likeness (QED) is 0.426. The molecule has 1 aromatic carbocycles. The molecule has 1 fully saturated rings. The van der Waals surface area contributed by atoms with Crippen molar-refractivity contribution in [3.8, 4) is 0 Å². The van der Waals surface area contributed by atoms with Gasteiger partial charge in [-0.1, -0.05) is 6.07 Å². The Morgan fingerprint density at radius 3 is 2.70 bits per heavy atom. The molecule has 3 atom stereocenters. The van der Waals surface area contributed by atoms with Crippen LogP contribution in [-0.4, -0.2) is 79.3 Å². The summed E-state index contributed by atoms with van der Waals surface area (Å²) < 4.78 is 6.09. The lowest BCUT2D eigenvalue weighted by molar-refractivity contribution is -0.145. The van der Waals surface area contributed by atoms with Crippen LogP contribution in [0.1, 0.15) is 66.9 Å². The number of rotatable bonds is 5. The highest BCUT2D eigenvalue weighted by molar-refractivity contribution is 6.00. The van der Waals surface area contributed by atoms with E-state index >= 15 is 0 Å². The van der Waals surface area contributed by atoms with Crippen LogP contribution in [0.3, 0.4) is 0 Å². The van der Waals surface area contributed by atoms with E-state index in [2.05, 4.69) is 15.4 Å². The summed E-state index contributed by atoms with van der Waals surface area (Å²) >= 11 is 0. The average molecular weight is 508 g/mol. The minimum atomic E-state index is -0.997. The predicted molar refractivity (Wildman–Crippen MR) is 127 cm³/mol. The lowest BCUT2D eigenvalue weighted by atomic mass is 9.98. The number of carbonyl (C=O) groups is 4. The number of likely N-dealkylation sites (tertiary alicyclic amines) is 1. The van der Waals surface area contributed by atoms with Gasteiger partial charge in [0, 0.05) is 25.1 Å². The van der Waals surface area contributed by atoms with Gasteiger partial charge in [0.15, 0.2) is 5.65 Å². The van der Waals surface area contributed by atoms with Crippen molar-refractivity contribution in [2.75, 3.05) is 13.7 Å². The SMILES string of the molecule is COC(=O)[C@@H]1C[C@@H](O)CN1C(=O)c1cc(C(=O)N[C@H]2CCc3c2ccc(C(=O)O)c3C)n2nccc2n1. The number of β-amino-alcohol motifs (C(OH)–C–C–N with tert-alkyl or cyclic N) is 1. The molecule has 1 aliphatic heterocycles. The number of carboxylic acid groups (broad SMARTS) is 1. The maximum atomic E-state index is 13.4. The number of fused-ring (bicyclic) bond motifs is 2. The van der Waals surface area contributed by atoms with Crippen LogP contribution in [0.2, 0.25) is 0 Å². The number of carbonyl (C=O) groups excluding carboxylic acids is 3. The monoisotopic (exact) mass is 507 g/mol. The molecular weight excluding hydrogens is 482 g/mol.